The highest BCUT2D eigenvalue weighted by Crippen LogP contribution is 2.23. The van der Waals surface area contributed by atoms with Crippen LogP contribution in [0.25, 0.3) is 0 Å². The van der Waals surface area contributed by atoms with Gasteiger partial charge in [-0.05, 0) is 19.1 Å². The van der Waals surface area contributed by atoms with Crippen molar-refractivity contribution in [2.45, 2.75) is 19.4 Å². The fourth-order valence-electron chi connectivity index (χ4n) is 1.43. The second-order valence-electron chi connectivity index (χ2n) is 3.66. The van der Waals surface area contributed by atoms with Crippen molar-refractivity contribution in [1.82, 2.24) is 0 Å². The molecule has 1 atom stereocenters. The van der Waals surface area contributed by atoms with Crippen LogP contribution in [0.1, 0.15) is 6.92 Å². The van der Waals surface area contributed by atoms with Crippen LogP contribution in [0.5, 0.6) is 0 Å². The van der Waals surface area contributed by atoms with Gasteiger partial charge in [-0.2, -0.15) is 5.01 Å². The minimum absolute atomic E-state index is 0.325. The zero-order chi connectivity index (χ0) is 14.0. The lowest BCUT2D eigenvalue weighted by Crippen LogP contribution is -2.44. The molecule has 0 saturated heterocycles. The molecule has 2 rings (SSSR count). The van der Waals surface area contributed by atoms with Crippen molar-refractivity contribution in [2.24, 2.45) is 5.10 Å². The molecule has 0 saturated carbocycles. The van der Waals surface area contributed by atoms with Crippen LogP contribution in [-0.4, -0.2) is 24.5 Å². The quantitative estimate of drug-likeness (QED) is 0.789. The molecule has 102 valence electrons. The second-order valence-corrected chi connectivity index (χ2v) is 3.66. The van der Waals surface area contributed by atoms with E-state index in [1.807, 2.05) is 0 Å². The van der Waals surface area contributed by atoms with Gasteiger partial charge in [-0.15, -0.1) is 13.2 Å². The Labute approximate surface area is 106 Å². The van der Waals surface area contributed by atoms with Gasteiger partial charge in [0.25, 0.3) is 5.91 Å². The summed E-state index contributed by atoms with van der Waals surface area (Å²) in [5.41, 5.74) is 0.325. The Hall–Kier alpha value is -2.25. The van der Waals surface area contributed by atoms with Gasteiger partial charge in [0.15, 0.2) is 6.10 Å². The lowest BCUT2D eigenvalue weighted by Gasteiger charge is -2.27. The summed E-state index contributed by atoms with van der Waals surface area (Å²) in [7, 11) is 0. The van der Waals surface area contributed by atoms with E-state index in [2.05, 4.69) is 14.6 Å². The number of amides is 1. The fraction of sp³-hybridized carbons (Fsp3) is 0.273. The largest absolute Gasteiger partial charge is 0.576 e. The van der Waals surface area contributed by atoms with Crippen molar-refractivity contribution in [3.05, 3.63) is 30.3 Å². The highest BCUT2D eigenvalue weighted by atomic mass is 19.4. The molecule has 1 aromatic carbocycles. The lowest BCUT2D eigenvalue weighted by atomic mass is 10.3. The molecule has 19 heavy (non-hydrogen) atoms. The van der Waals surface area contributed by atoms with Crippen molar-refractivity contribution in [1.29, 1.82) is 0 Å². The average molecular weight is 274 g/mol. The monoisotopic (exact) mass is 274 g/mol. The Morgan fingerprint density at radius 2 is 1.95 bits per heavy atom. The van der Waals surface area contributed by atoms with E-state index in [9.17, 15) is 18.0 Å². The molecule has 5 nitrogen and oxygen atoms in total. The lowest BCUT2D eigenvalue weighted by molar-refractivity contribution is -0.292. The van der Waals surface area contributed by atoms with E-state index in [1.54, 1.807) is 18.2 Å². The van der Waals surface area contributed by atoms with Crippen LogP contribution in [0, 0.1) is 0 Å². The molecule has 1 unspecified atom stereocenters. The number of alkyl halides is 3. The molecular formula is C11H9F3N2O3. The van der Waals surface area contributed by atoms with Crippen LogP contribution < -0.4 is 5.01 Å². The highest BCUT2D eigenvalue weighted by molar-refractivity contribution is 5.99. The van der Waals surface area contributed by atoms with Crippen molar-refractivity contribution < 1.29 is 27.4 Å². The Kier molecular flexibility index (Phi) is 3.32. The van der Waals surface area contributed by atoms with Crippen LogP contribution in [0.4, 0.5) is 18.9 Å². The number of carbonyl (C=O) groups excluding carboxylic acids is 1. The van der Waals surface area contributed by atoms with Gasteiger partial charge in [-0.1, -0.05) is 23.3 Å². The summed E-state index contributed by atoms with van der Waals surface area (Å²) in [4.78, 5) is 11.8. The number of hydrogen-bond donors (Lipinski definition) is 0. The minimum atomic E-state index is -4.93. The summed E-state index contributed by atoms with van der Waals surface area (Å²) < 4.78 is 44.5. The Morgan fingerprint density at radius 3 is 2.53 bits per heavy atom. The molecule has 0 aliphatic carbocycles. The first-order valence-corrected chi connectivity index (χ1v) is 5.27. The molecule has 0 N–H and O–H groups in total. The number of hydrogen-bond acceptors (Lipinski definition) is 4. The van der Waals surface area contributed by atoms with Gasteiger partial charge in [-0.25, -0.2) is 0 Å². The van der Waals surface area contributed by atoms with E-state index in [-0.39, 0.29) is 0 Å². The van der Waals surface area contributed by atoms with Gasteiger partial charge < -0.3 is 9.47 Å². The first kappa shape index (κ1) is 13.2. The zero-order valence-electron chi connectivity index (χ0n) is 9.72. The molecule has 0 aromatic heterocycles. The van der Waals surface area contributed by atoms with E-state index in [0.29, 0.717) is 5.69 Å². The maximum Gasteiger partial charge on any atom is 0.576 e. The van der Waals surface area contributed by atoms with Gasteiger partial charge >= 0.3 is 12.4 Å². The Balaban J connectivity index is 2.30. The summed E-state index contributed by atoms with van der Waals surface area (Å²) in [6.45, 7) is 1.31. The number of halogens is 3. The fourth-order valence-corrected chi connectivity index (χ4v) is 1.43. The molecule has 1 aliphatic heterocycles. The van der Waals surface area contributed by atoms with Crippen LogP contribution in [0.3, 0.4) is 0 Å². The number of rotatable bonds is 1. The summed E-state index contributed by atoms with van der Waals surface area (Å²) in [5, 5.41) is 4.22. The molecule has 0 bridgehead atoms. The van der Waals surface area contributed by atoms with Crippen LogP contribution >= 0.6 is 0 Å². The molecule has 1 heterocycles. The first-order chi connectivity index (χ1) is 8.87. The van der Waals surface area contributed by atoms with Crippen LogP contribution in [0.15, 0.2) is 35.4 Å². The number of anilines is 1. The number of ether oxygens (including phenoxy) is 2. The zero-order valence-corrected chi connectivity index (χ0v) is 9.72. The van der Waals surface area contributed by atoms with Crippen molar-refractivity contribution >= 4 is 17.7 Å². The molecule has 8 heteroatoms. The topological polar surface area (TPSA) is 51.1 Å². The van der Waals surface area contributed by atoms with E-state index >= 15 is 0 Å². The van der Waals surface area contributed by atoms with E-state index in [0.717, 1.165) is 5.01 Å². The molecule has 1 aromatic rings. The normalized spacial score (nSPS) is 19.8. The van der Waals surface area contributed by atoms with E-state index in [1.165, 1.54) is 19.1 Å². The van der Waals surface area contributed by atoms with Crippen molar-refractivity contribution in [3.63, 3.8) is 0 Å². The predicted molar refractivity (Wildman–Crippen MR) is 59.1 cm³/mol. The molecular weight excluding hydrogens is 265 g/mol. The standard InChI is InChI=1S/C11H9F3N2O3/c1-7-9(17)16(8-5-3-2-4-6-8)15-10(18-7)19-11(12,13)14/h2-7H,1H3. The van der Waals surface area contributed by atoms with Crippen LogP contribution in [0.2, 0.25) is 0 Å². The molecule has 0 spiro atoms. The smallest absolute Gasteiger partial charge is 0.436 e. The summed E-state index contributed by atoms with van der Waals surface area (Å²) in [5.74, 6) is -0.583. The number of hydrazone groups is 1. The number of carbonyl (C=O) groups is 1. The van der Waals surface area contributed by atoms with Gasteiger partial charge in [0, 0.05) is 0 Å². The first-order valence-electron chi connectivity index (χ1n) is 5.27. The summed E-state index contributed by atoms with van der Waals surface area (Å²) in [6.07, 6.45) is -7.06. The van der Waals surface area contributed by atoms with E-state index < -0.39 is 24.5 Å². The molecule has 1 amide bonds. The van der Waals surface area contributed by atoms with Gasteiger partial charge in [0.1, 0.15) is 0 Å². The third-order valence-corrected chi connectivity index (χ3v) is 2.22. The molecule has 0 fully saturated rings. The van der Waals surface area contributed by atoms with Gasteiger partial charge in [0.05, 0.1) is 5.69 Å². The maximum atomic E-state index is 12.1. The predicted octanol–water partition coefficient (Wildman–Crippen LogP) is 2.25. The second kappa shape index (κ2) is 4.79. The average Bonchev–Trinajstić information content (AvgIpc) is 2.33. The van der Waals surface area contributed by atoms with Crippen LogP contribution in [-0.2, 0) is 14.3 Å². The Bertz CT molecular complexity index is 502. The summed E-state index contributed by atoms with van der Waals surface area (Å²) >= 11 is 0. The van der Waals surface area contributed by atoms with E-state index in [4.69, 9.17) is 0 Å². The summed E-state index contributed by atoms with van der Waals surface area (Å²) in [6, 6.07) is 8.02. The van der Waals surface area contributed by atoms with Crippen molar-refractivity contribution in [3.8, 4) is 0 Å². The number of benzene rings is 1. The number of para-hydroxylation sites is 1. The van der Waals surface area contributed by atoms with Gasteiger partial charge in [-0.3, -0.25) is 4.79 Å². The SMILES string of the molecule is CC1OC(OC(F)(F)F)=NN(c2ccccc2)C1=O. The Morgan fingerprint density at radius 1 is 1.32 bits per heavy atom. The van der Waals surface area contributed by atoms with Crippen molar-refractivity contribution in [2.75, 3.05) is 5.01 Å². The third-order valence-electron chi connectivity index (χ3n) is 2.22. The molecule has 0 radical (unpaired) electrons. The highest BCUT2D eigenvalue weighted by Gasteiger charge is 2.39. The number of nitrogens with zero attached hydrogens (tertiary/aromatic N) is 2. The third kappa shape index (κ3) is 3.15. The minimum Gasteiger partial charge on any atom is -0.436 e. The molecule has 1 aliphatic rings. The maximum absolute atomic E-state index is 12.1. The van der Waals surface area contributed by atoms with Gasteiger partial charge in [0.2, 0.25) is 0 Å².